The summed E-state index contributed by atoms with van der Waals surface area (Å²) in [5.74, 6) is 0.442. The maximum Gasteiger partial charge on any atom is 0.251 e. The van der Waals surface area contributed by atoms with Crippen LogP contribution in [0.4, 0.5) is 0 Å². The summed E-state index contributed by atoms with van der Waals surface area (Å²) < 4.78 is 5.28. The van der Waals surface area contributed by atoms with E-state index >= 15 is 0 Å². The molecule has 1 aliphatic rings. The van der Waals surface area contributed by atoms with Gasteiger partial charge in [0.05, 0.1) is 19.2 Å². The van der Waals surface area contributed by atoms with Crippen molar-refractivity contribution in [1.82, 2.24) is 15.2 Å². The van der Waals surface area contributed by atoms with E-state index in [-0.39, 0.29) is 30.3 Å². The largest absolute Gasteiger partial charge is 0.496 e. The molecule has 0 radical (unpaired) electrons. The Kier molecular flexibility index (Phi) is 4.70. The molecule has 1 saturated heterocycles. The molecule has 2 atom stereocenters. The molecule has 0 spiro atoms. The fourth-order valence-electron chi connectivity index (χ4n) is 3.22. The summed E-state index contributed by atoms with van der Waals surface area (Å²) >= 11 is 0. The normalized spacial score (nSPS) is 19.8. The Morgan fingerprint density at radius 3 is 2.84 bits per heavy atom. The molecular formula is C19H21N3O3. The zero-order chi connectivity index (χ0) is 18.0. The number of rotatable bonds is 4. The lowest BCUT2D eigenvalue weighted by Crippen LogP contribution is -2.39. The van der Waals surface area contributed by atoms with Crippen molar-refractivity contribution in [3.63, 3.8) is 0 Å². The summed E-state index contributed by atoms with van der Waals surface area (Å²) in [6.07, 6.45) is 3.69. The number of ether oxygens (including phenoxy) is 1. The third kappa shape index (κ3) is 3.33. The topological polar surface area (TPSA) is 71.5 Å². The standard InChI is InChI=1S/C19H21N3O3/c1-12-6-7-13(9-16(12)25-3)19(24)21-15-10-17(23)22(2)18(15)14-5-4-8-20-11-14/h4-9,11,15,18H,10H2,1-3H3,(H,21,24)/t15-,18+/m1/s1. The average molecular weight is 339 g/mol. The van der Waals surface area contributed by atoms with E-state index in [1.54, 1.807) is 43.6 Å². The number of aryl methyl sites for hydroxylation is 1. The third-order valence-corrected chi connectivity index (χ3v) is 4.60. The number of carbonyl (C=O) groups excluding carboxylic acids is 2. The molecule has 3 rings (SSSR count). The lowest BCUT2D eigenvalue weighted by molar-refractivity contribution is -0.127. The second-order valence-electron chi connectivity index (χ2n) is 6.20. The highest BCUT2D eigenvalue weighted by molar-refractivity contribution is 5.95. The van der Waals surface area contributed by atoms with Crippen molar-refractivity contribution in [3.8, 4) is 5.75 Å². The van der Waals surface area contributed by atoms with E-state index in [1.165, 1.54) is 0 Å². The highest BCUT2D eigenvalue weighted by Gasteiger charge is 2.39. The predicted molar refractivity (Wildman–Crippen MR) is 93.4 cm³/mol. The summed E-state index contributed by atoms with van der Waals surface area (Å²) in [7, 11) is 3.33. The molecule has 0 saturated carbocycles. The second-order valence-corrected chi connectivity index (χ2v) is 6.20. The number of hydrogen-bond donors (Lipinski definition) is 1. The van der Waals surface area contributed by atoms with Gasteiger partial charge in [-0.25, -0.2) is 0 Å². The molecule has 1 N–H and O–H groups in total. The Morgan fingerprint density at radius 1 is 1.36 bits per heavy atom. The van der Waals surface area contributed by atoms with Crippen molar-refractivity contribution in [1.29, 1.82) is 0 Å². The van der Waals surface area contributed by atoms with Gasteiger partial charge in [0, 0.05) is 31.4 Å². The summed E-state index contributed by atoms with van der Waals surface area (Å²) in [4.78, 5) is 30.6. The van der Waals surface area contributed by atoms with E-state index < -0.39 is 0 Å². The number of likely N-dealkylation sites (N-methyl/N-ethyl adjacent to an activating group) is 1. The van der Waals surface area contributed by atoms with Crippen molar-refractivity contribution < 1.29 is 14.3 Å². The van der Waals surface area contributed by atoms with Crippen LogP contribution in [0.3, 0.4) is 0 Å². The maximum absolute atomic E-state index is 12.7. The van der Waals surface area contributed by atoms with Gasteiger partial charge in [0.25, 0.3) is 5.91 Å². The third-order valence-electron chi connectivity index (χ3n) is 4.60. The van der Waals surface area contributed by atoms with E-state index in [0.29, 0.717) is 11.3 Å². The average Bonchev–Trinajstić information content (AvgIpc) is 2.89. The molecular weight excluding hydrogens is 318 g/mol. The first-order chi connectivity index (χ1) is 12.0. The SMILES string of the molecule is COc1cc(C(=O)N[C@@H]2CC(=O)N(C)[C@H]2c2cccnc2)ccc1C. The zero-order valence-corrected chi connectivity index (χ0v) is 14.5. The van der Waals surface area contributed by atoms with Crippen LogP contribution in [0.1, 0.15) is 33.9 Å². The molecule has 6 nitrogen and oxygen atoms in total. The molecule has 1 fully saturated rings. The fraction of sp³-hybridized carbons (Fsp3) is 0.316. The van der Waals surface area contributed by atoms with Gasteiger partial charge < -0.3 is 15.0 Å². The summed E-state index contributed by atoms with van der Waals surface area (Å²) in [5, 5.41) is 2.99. The number of methoxy groups -OCH3 is 1. The number of aromatic nitrogens is 1. The predicted octanol–water partition coefficient (Wildman–Crippen LogP) is 2.10. The van der Waals surface area contributed by atoms with Crippen LogP contribution in [0.25, 0.3) is 0 Å². The minimum Gasteiger partial charge on any atom is -0.496 e. The van der Waals surface area contributed by atoms with Gasteiger partial charge in [-0.2, -0.15) is 0 Å². The summed E-state index contributed by atoms with van der Waals surface area (Å²) in [6.45, 7) is 1.92. The first-order valence-electron chi connectivity index (χ1n) is 8.12. The van der Waals surface area contributed by atoms with Crippen molar-refractivity contribution in [3.05, 3.63) is 59.4 Å². The number of nitrogens with zero attached hydrogens (tertiary/aromatic N) is 2. The Labute approximate surface area is 146 Å². The van der Waals surface area contributed by atoms with Crippen molar-refractivity contribution in [2.45, 2.75) is 25.4 Å². The van der Waals surface area contributed by atoms with Crippen LogP contribution < -0.4 is 10.1 Å². The molecule has 0 bridgehead atoms. The van der Waals surface area contributed by atoms with Gasteiger partial charge in [0.15, 0.2) is 0 Å². The van der Waals surface area contributed by atoms with Gasteiger partial charge in [-0.3, -0.25) is 14.6 Å². The van der Waals surface area contributed by atoms with Crippen LogP contribution in [0.2, 0.25) is 0 Å². The smallest absolute Gasteiger partial charge is 0.251 e. The van der Waals surface area contributed by atoms with Crippen LogP contribution >= 0.6 is 0 Å². The fourth-order valence-corrected chi connectivity index (χ4v) is 3.22. The number of benzene rings is 1. The van der Waals surface area contributed by atoms with E-state index in [2.05, 4.69) is 10.3 Å². The molecule has 130 valence electrons. The minimum absolute atomic E-state index is 0.000592. The van der Waals surface area contributed by atoms with Gasteiger partial charge in [0.1, 0.15) is 5.75 Å². The summed E-state index contributed by atoms with van der Waals surface area (Å²) in [5.41, 5.74) is 2.38. The molecule has 1 aromatic carbocycles. The number of amides is 2. The summed E-state index contributed by atoms with van der Waals surface area (Å²) in [6, 6.07) is 8.53. The second kappa shape index (κ2) is 6.93. The number of hydrogen-bond acceptors (Lipinski definition) is 4. The lowest BCUT2D eigenvalue weighted by atomic mass is 10.0. The van der Waals surface area contributed by atoms with Crippen LogP contribution in [-0.4, -0.2) is 41.9 Å². The van der Waals surface area contributed by atoms with Crippen molar-refractivity contribution >= 4 is 11.8 Å². The van der Waals surface area contributed by atoms with Crippen LogP contribution in [0.15, 0.2) is 42.7 Å². The van der Waals surface area contributed by atoms with Gasteiger partial charge in [-0.05, 0) is 36.2 Å². The Balaban J connectivity index is 1.83. The number of carbonyl (C=O) groups is 2. The molecule has 6 heteroatoms. The zero-order valence-electron chi connectivity index (χ0n) is 14.5. The number of likely N-dealkylation sites (tertiary alicyclic amines) is 1. The lowest BCUT2D eigenvalue weighted by Gasteiger charge is -2.25. The van der Waals surface area contributed by atoms with Gasteiger partial charge in [0.2, 0.25) is 5.91 Å². The van der Waals surface area contributed by atoms with E-state index in [0.717, 1.165) is 11.1 Å². The van der Waals surface area contributed by atoms with E-state index in [1.807, 2.05) is 25.1 Å². The Bertz CT molecular complexity index is 792. The molecule has 25 heavy (non-hydrogen) atoms. The minimum atomic E-state index is -0.304. The van der Waals surface area contributed by atoms with Crippen LogP contribution in [0.5, 0.6) is 5.75 Å². The molecule has 1 aromatic heterocycles. The molecule has 0 aliphatic carbocycles. The number of nitrogens with one attached hydrogen (secondary N) is 1. The maximum atomic E-state index is 12.7. The van der Waals surface area contributed by atoms with Gasteiger partial charge >= 0.3 is 0 Å². The first-order valence-corrected chi connectivity index (χ1v) is 8.12. The van der Waals surface area contributed by atoms with Crippen LogP contribution in [0, 0.1) is 6.92 Å². The van der Waals surface area contributed by atoms with Crippen molar-refractivity contribution in [2.24, 2.45) is 0 Å². The van der Waals surface area contributed by atoms with Crippen molar-refractivity contribution in [2.75, 3.05) is 14.2 Å². The molecule has 1 aliphatic heterocycles. The monoisotopic (exact) mass is 339 g/mol. The Hall–Kier alpha value is -2.89. The first kappa shape index (κ1) is 17.0. The molecule has 2 heterocycles. The molecule has 2 aromatic rings. The quantitative estimate of drug-likeness (QED) is 0.926. The Morgan fingerprint density at radius 2 is 2.16 bits per heavy atom. The highest BCUT2D eigenvalue weighted by Crippen LogP contribution is 2.31. The van der Waals surface area contributed by atoms with E-state index in [9.17, 15) is 9.59 Å². The van der Waals surface area contributed by atoms with Gasteiger partial charge in [-0.15, -0.1) is 0 Å². The molecule has 0 unspecified atom stereocenters. The number of pyridine rings is 1. The molecule has 2 amide bonds. The van der Waals surface area contributed by atoms with Crippen LogP contribution in [-0.2, 0) is 4.79 Å². The van der Waals surface area contributed by atoms with E-state index in [4.69, 9.17) is 4.74 Å². The van der Waals surface area contributed by atoms with Gasteiger partial charge in [-0.1, -0.05) is 12.1 Å². The highest BCUT2D eigenvalue weighted by atomic mass is 16.5.